The number of ether oxygens (including phenoxy) is 2. The minimum atomic E-state index is -0.370. The van der Waals surface area contributed by atoms with E-state index in [-0.39, 0.29) is 24.5 Å². The number of hydrogen-bond acceptors (Lipinski definition) is 5. The van der Waals surface area contributed by atoms with Crippen molar-refractivity contribution < 1.29 is 18.7 Å². The molecule has 1 aromatic heterocycles. The van der Waals surface area contributed by atoms with Crippen molar-refractivity contribution in [3.05, 3.63) is 17.8 Å². The number of alkyl halides is 1. The summed E-state index contributed by atoms with van der Waals surface area (Å²) in [6, 6.07) is 3.66. The van der Waals surface area contributed by atoms with Gasteiger partial charge in [0, 0.05) is 25.7 Å². The third kappa shape index (κ3) is 6.56. The maximum absolute atomic E-state index is 12.7. The molecule has 1 unspecified atom stereocenters. The number of carbonyl (C=O) groups excluding carboxylic acids is 1. The van der Waals surface area contributed by atoms with Gasteiger partial charge in [0.25, 0.3) is 5.91 Å². The topological polar surface area (TPSA) is 63.7 Å². The largest absolute Gasteiger partial charge is 0.476 e. The fourth-order valence-corrected chi connectivity index (χ4v) is 3.34. The molecule has 2 aliphatic rings. The number of nitrogens with one attached hydrogen (secondary N) is 1. The predicted octanol–water partition coefficient (Wildman–Crippen LogP) is 3.60. The van der Waals surface area contributed by atoms with Crippen LogP contribution in [0.5, 0.6) is 5.88 Å². The Morgan fingerprint density at radius 2 is 2.07 bits per heavy atom. The van der Waals surface area contributed by atoms with Crippen molar-refractivity contribution in [1.29, 1.82) is 0 Å². The first-order chi connectivity index (χ1) is 14.1. The minimum absolute atomic E-state index is 0.0798. The fourth-order valence-electron chi connectivity index (χ4n) is 3.34. The highest BCUT2D eigenvalue weighted by molar-refractivity contribution is 5.93. The lowest BCUT2D eigenvalue weighted by Crippen LogP contribution is -2.39. The maximum atomic E-state index is 12.7. The zero-order chi connectivity index (χ0) is 20.6. The Morgan fingerprint density at radius 3 is 2.76 bits per heavy atom. The van der Waals surface area contributed by atoms with Crippen LogP contribution >= 0.6 is 0 Å². The molecular formula is C22H34FN3O3. The number of halogens is 1. The highest BCUT2D eigenvalue weighted by atomic mass is 19.1. The standard InChI is InChI=1S/C22H34FN3O3/c1-16(14-28-13-5-10-23)17(2)24-21(27)19-8-9-20(26-11-3-4-12-26)22(25-19)29-15-18-6-7-18/h8-9,16-18H,3-7,10-15H2,1-2H3,(H,24,27)/t16?,17-/m0/s1. The number of nitrogens with zero attached hydrogens (tertiary/aromatic N) is 2. The number of aromatic nitrogens is 1. The van der Waals surface area contributed by atoms with E-state index in [0.29, 0.717) is 43.7 Å². The van der Waals surface area contributed by atoms with Gasteiger partial charge in [0.05, 0.1) is 25.6 Å². The second kappa shape index (κ2) is 10.8. The molecule has 6 nitrogen and oxygen atoms in total. The molecule has 1 aliphatic carbocycles. The summed E-state index contributed by atoms with van der Waals surface area (Å²) in [4.78, 5) is 19.6. The van der Waals surface area contributed by atoms with E-state index in [9.17, 15) is 9.18 Å². The van der Waals surface area contributed by atoms with Crippen molar-refractivity contribution in [3.63, 3.8) is 0 Å². The molecule has 0 radical (unpaired) electrons. The second-order valence-corrected chi connectivity index (χ2v) is 8.33. The lowest BCUT2D eigenvalue weighted by molar-refractivity contribution is 0.0788. The second-order valence-electron chi connectivity index (χ2n) is 8.33. The lowest BCUT2D eigenvalue weighted by atomic mass is 10.0. The van der Waals surface area contributed by atoms with Gasteiger partial charge in [-0.25, -0.2) is 4.98 Å². The van der Waals surface area contributed by atoms with Crippen LogP contribution in [-0.4, -0.2) is 56.5 Å². The molecule has 162 valence electrons. The van der Waals surface area contributed by atoms with E-state index in [1.165, 1.54) is 25.7 Å². The van der Waals surface area contributed by atoms with Gasteiger partial charge in [-0.3, -0.25) is 9.18 Å². The summed E-state index contributed by atoms with van der Waals surface area (Å²) in [5.74, 6) is 1.10. The number of carbonyl (C=O) groups is 1. The number of rotatable bonds is 12. The molecule has 2 heterocycles. The summed E-state index contributed by atoms with van der Waals surface area (Å²) in [5.41, 5.74) is 1.36. The summed E-state index contributed by atoms with van der Waals surface area (Å²) in [6.45, 7) is 7.15. The Bertz CT molecular complexity index is 663. The van der Waals surface area contributed by atoms with Gasteiger partial charge in [-0.05, 0) is 63.0 Å². The van der Waals surface area contributed by atoms with Gasteiger partial charge in [0.15, 0.2) is 0 Å². The Balaban J connectivity index is 1.60. The fraction of sp³-hybridized carbons (Fsp3) is 0.727. The highest BCUT2D eigenvalue weighted by Gasteiger charge is 2.25. The molecule has 2 fully saturated rings. The molecule has 1 saturated carbocycles. The molecule has 7 heteroatoms. The monoisotopic (exact) mass is 407 g/mol. The number of pyridine rings is 1. The number of hydrogen-bond donors (Lipinski definition) is 1. The molecule has 2 atom stereocenters. The predicted molar refractivity (Wildman–Crippen MR) is 111 cm³/mol. The summed E-state index contributed by atoms with van der Waals surface area (Å²) in [7, 11) is 0. The minimum Gasteiger partial charge on any atom is -0.476 e. The van der Waals surface area contributed by atoms with E-state index in [4.69, 9.17) is 9.47 Å². The average Bonchev–Trinajstić information content (AvgIpc) is 3.40. The zero-order valence-corrected chi connectivity index (χ0v) is 17.7. The van der Waals surface area contributed by atoms with E-state index in [1.54, 1.807) is 6.07 Å². The molecule has 1 saturated heterocycles. The normalized spacial score (nSPS) is 18.5. The van der Waals surface area contributed by atoms with Crippen LogP contribution in [0.1, 0.15) is 56.4 Å². The molecular weight excluding hydrogens is 373 g/mol. The molecule has 0 bridgehead atoms. The lowest BCUT2D eigenvalue weighted by Gasteiger charge is -2.23. The Labute approximate surface area is 173 Å². The van der Waals surface area contributed by atoms with Crippen LogP contribution in [0.3, 0.4) is 0 Å². The van der Waals surface area contributed by atoms with E-state index in [2.05, 4.69) is 15.2 Å². The van der Waals surface area contributed by atoms with Crippen LogP contribution in [0.25, 0.3) is 0 Å². The molecule has 29 heavy (non-hydrogen) atoms. The third-order valence-electron chi connectivity index (χ3n) is 5.69. The van der Waals surface area contributed by atoms with Gasteiger partial charge < -0.3 is 19.7 Å². The molecule has 1 amide bonds. The first kappa shape index (κ1) is 21.8. The Morgan fingerprint density at radius 1 is 1.31 bits per heavy atom. The molecule has 0 spiro atoms. The summed E-state index contributed by atoms with van der Waals surface area (Å²) < 4.78 is 23.6. The number of anilines is 1. The first-order valence-electron chi connectivity index (χ1n) is 10.9. The van der Waals surface area contributed by atoms with Gasteiger partial charge in [-0.1, -0.05) is 6.92 Å². The van der Waals surface area contributed by atoms with Crippen molar-refractivity contribution in [2.24, 2.45) is 11.8 Å². The maximum Gasteiger partial charge on any atom is 0.270 e. The SMILES string of the molecule is CC(COCCCF)[C@H](C)NC(=O)c1ccc(N2CCCC2)c(OCC2CC2)n1. The van der Waals surface area contributed by atoms with Crippen LogP contribution in [0, 0.1) is 11.8 Å². The van der Waals surface area contributed by atoms with Crippen molar-refractivity contribution in [3.8, 4) is 5.88 Å². The number of amides is 1. The van der Waals surface area contributed by atoms with Gasteiger partial charge in [0.1, 0.15) is 5.69 Å². The Kier molecular flexibility index (Phi) is 8.09. The van der Waals surface area contributed by atoms with E-state index in [1.807, 2.05) is 19.9 Å². The van der Waals surface area contributed by atoms with Gasteiger partial charge in [-0.2, -0.15) is 0 Å². The van der Waals surface area contributed by atoms with Crippen molar-refractivity contribution >= 4 is 11.6 Å². The van der Waals surface area contributed by atoms with Crippen LogP contribution < -0.4 is 15.0 Å². The van der Waals surface area contributed by atoms with Gasteiger partial charge in [-0.15, -0.1) is 0 Å². The molecule has 0 aromatic carbocycles. The van der Waals surface area contributed by atoms with Gasteiger partial charge in [0.2, 0.25) is 5.88 Å². The van der Waals surface area contributed by atoms with E-state index < -0.39 is 0 Å². The summed E-state index contributed by atoms with van der Waals surface area (Å²) >= 11 is 0. The van der Waals surface area contributed by atoms with Crippen LogP contribution in [0.15, 0.2) is 12.1 Å². The average molecular weight is 408 g/mol. The van der Waals surface area contributed by atoms with Crippen LogP contribution in [-0.2, 0) is 4.74 Å². The molecule has 1 N–H and O–H groups in total. The molecule has 1 aliphatic heterocycles. The van der Waals surface area contributed by atoms with Gasteiger partial charge >= 0.3 is 0 Å². The van der Waals surface area contributed by atoms with Crippen molar-refractivity contribution in [2.75, 3.05) is 44.5 Å². The van der Waals surface area contributed by atoms with Crippen molar-refractivity contribution in [2.45, 2.75) is 52.0 Å². The summed E-state index contributed by atoms with van der Waals surface area (Å²) in [5, 5.41) is 3.01. The smallest absolute Gasteiger partial charge is 0.270 e. The highest BCUT2D eigenvalue weighted by Crippen LogP contribution is 2.33. The molecule has 3 rings (SSSR count). The Hall–Kier alpha value is -1.89. The molecule has 1 aromatic rings. The van der Waals surface area contributed by atoms with E-state index in [0.717, 1.165) is 18.8 Å². The summed E-state index contributed by atoms with van der Waals surface area (Å²) in [6.07, 6.45) is 5.18. The first-order valence-corrected chi connectivity index (χ1v) is 10.9. The zero-order valence-electron chi connectivity index (χ0n) is 17.7. The van der Waals surface area contributed by atoms with Crippen molar-refractivity contribution in [1.82, 2.24) is 10.3 Å². The quantitative estimate of drug-likeness (QED) is 0.537. The van der Waals surface area contributed by atoms with Crippen LogP contribution in [0.4, 0.5) is 10.1 Å². The third-order valence-corrected chi connectivity index (χ3v) is 5.69. The van der Waals surface area contributed by atoms with Crippen LogP contribution in [0.2, 0.25) is 0 Å². The van der Waals surface area contributed by atoms with E-state index >= 15 is 0 Å².